The summed E-state index contributed by atoms with van der Waals surface area (Å²) >= 11 is 0. The standard InChI is InChI=1S/C23H18F6O8/c1-3-36-19(34)15-9-11(5-7-13(15)17(30)31)21(22(24,25)26,23(27,28)29)12-6-8-14(18(32)33)16(10-12)20(35)37-4-2/h5-10H,3-4H2,1-2H3,(H,30,31)(H,32,33)/p-2. The molecule has 2 aromatic rings. The number of rotatable bonds is 8. The Hall–Kier alpha value is -4.10. The lowest BCUT2D eigenvalue weighted by Crippen LogP contribution is -2.55. The van der Waals surface area contributed by atoms with E-state index < -0.39 is 88.2 Å². The molecule has 2 rings (SSSR count). The Kier molecular flexibility index (Phi) is 8.25. The Morgan fingerprint density at radius 2 is 0.973 bits per heavy atom. The minimum Gasteiger partial charge on any atom is -0.545 e. The number of carboxylic acids is 2. The molecule has 0 N–H and O–H groups in total. The quantitative estimate of drug-likeness (QED) is 0.372. The fraction of sp³-hybridized carbons (Fsp3) is 0.304. The van der Waals surface area contributed by atoms with Gasteiger partial charge in [-0.15, -0.1) is 0 Å². The third-order valence-electron chi connectivity index (χ3n) is 5.19. The van der Waals surface area contributed by atoms with E-state index in [0.29, 0.717) is 12.1 Å². The molecular formula is C23H16F6O8-2. The number of aromatic carboxylic acids is 2. The molecular weight excluding hydrogens is 518 g/mol. The summed E-state index contributed by atoms with van der Waals surface area (Å²) in [4.78, 5) is 47.1. The van der Waals surface area contributed by atoms with Crippen molar-refractivity contribution >= 4 is 23.9 Å². The van der Waals surface area contributed by atoms with Gasteiger partial charge in [0.05, 0.1) is 36.3 Å². The van der Waals surface area contributed by atoms with E-state index in [4.69, 9.17) is 0 Å². The van der Waals surface area contributed by atoms with Crippen LogP contribution in [-0.4, -0.2) is 49.4 Å². The summed E-state index contributed by atoms with van der Waals surface area (Å²) in [7, 11) is 0. The zero-order valence-corrected chi connectivity index (χ0v) is 18.9. The summed E-state index contributed by atoms with van der Waals surface area (Å²) in [6.45, 7) is 1.72. The maximum absolute atomic E-state index is 14.5. The molecule has 0 atom stereocenters. The first-order valence-corrected chi connectivity index (χ1v) is 10.2. The Morgan fingerprint density at radius 3 is 1.22 bits per heavy atom. The monoisotopic (exact) mass is 534 g/mol. The zero-order chi connectivity index (χ0) is 28.3. The van der Waals surface area contributed by atoms with Crippen LogP contribution in [0.15, 0.2) is 36.4 Å². The number of hydrogen-bond acceptors (Lipinski definition) is 8. The maximum Gasteiger partial charge on any atom is 0.411 e. The molecule has 0 aliphatic heterocycles. The van der Waals surface area contributed by atoms with E-state index in [1.165, 1.54) is 13.8 Å². The van der Waals surface area contributed by atoms with Gasteiger partial charge in [0, 0.05) is 11.1 Å². The summed E-state index contributed by atoms with van der Waals surface area (Å²) in [6, 6.07) is 1.05. The summed E-state index contributed by atoms with van der Waals surface area (Å²) in [5, 5.41) is 22.7. The van der Waals surface area contributed by atoms with E-state index in [2.05, 4.69) is 9.47 Å². The molecule has 0 bridgehead atoms. The van der Waals surface area contributed by atoms with Crippen LogP contribution >= 0.6 is 0 Å². The minimum atomic E-state index is -6.23. The molecule has 0 radical (unpaired) electrons. The summed E-state index contributed by atoms with van der Waals surface area (Å²) in [6.07, 6.45) is -12.5. The summed E-state index contributed by atoms with van der Waals surface area (Å²) in [5.74, 6) is -7.24. The molecule has 14 heteroatoms. The molecule has 0 amide bonds. The van der Waals surface area contributed by atoms with Gasteiger partial charge in [-0.1, -0.05) is 24.3 Å². The van der Waals surface area contributed by atoms with Gasteiger partial charge in [-0.25, -0.2) is 9.59 Å². The number of benzene rings is 2. The molecule has 0 spiro atoms. The number of carbonyl (C=O) groups is 4. The SMILES string of the molecule is CCOC(=O)c1cc(C(c2ccc(C(=O)[O-])c(C(=O)OCC)c2)(C(F)(F)F)C(F)(F)F)ccc1C(=O)[O-]. The molecule has 0 aliphatic rings. The molecule has 37 heavy (non-hydrogen) atoms. The normalized spacial score (nSPS) is 12.1. The first-order chi connectivity index (χ1) is 17.0. The van der Waals surface area contributed by atoms with Crippen molar-refractivity contribution in [3.8, 4) is 0 Å². The van der Waals surface area contributed by atoms with Crippen molar-refractivity contribution in [1.29, 1.82) is 0 Å². The highest BCUT2D eigenvalue weighted by molar-refractivity contribution is 6.03. The number of carbonyl (C=O) groups excluding carboxylic acids is 4. The van der Waals surface area contributed by atoms with Crippen LogP contribution < -0.4 is 10.2 Å². The Bertz CT molecular complexity index is 1140. The van der Waals surface area contributed by atoms with Crippen molar-refractivity contribution in [1.82, 2.24) is 0 Å². The van der Waals surface area contributed by atoms with Crippen LogP contribution in [0, 0.1) is 0 Å². The van der Waals surface area contributed by atoms with E-state index in [0.717, 1.165) is 0 Å². The lowest BCUT2D eigenvalue weighted by molar-refractivity contribution is -0.288. The van der Waals surface area contributed by atoms with Crippen LogP contribution in [-0.2, 0) is 14.9 Å². The highest BCUT2D eigenvalue weighted by Crippen LogP contribution is 2.56. The highest BCUT2D eigenvalue weighted by atomic mass is 19.4. The molecule has 8 nitrogen and oxygen atoms in total. The van der Waals surface area contributed by atoms with E-state index in [-0.39, 0.29) is 24.3 Å². The van der Waals surface area contributed by atoms with E-state index in [1.807, 2.05) is 0 Å². The van der Waals surface area contributed by atoms with Gasteiger partial charge >= 0.3 is 24.3 Å². The Labute approximate surface area is 204 Å². The van der Waals surface area contributed by atoms with Gasteiger partial charge in [0.15, 0.2) is 0 Å². The van der Waals surface area contributed by atoms with Gasteiger partial charge in [-0.2, -0.15) is 26.3 Å². The van der Waals surface area contributed by atoms with Crippen molar-refractivity contribution in [2.75, 3.05) is 13.2 Å². The summed E-state index contributed by atoms with van der Waals surface area (Å²) < 4.78 is 96.2. The maximum atomic E-state index is 14.5. The largest absolute Gasteiger partial charge is 0.545 e. The summed E-state index contributed by atoms with van der Waals surface area (Å²) in [5.41, 5.74) is -12.7. The molecule has 0 fully saturated rings. The first kappa shape index (κ1) is 29.1. The number of halogens is 6. The Morgan fingerprint density at radius 1 is 0.649 bits per heavy atom. The number of alkyl halides is 6. The first-order valence-electron chi connectivity index (χ1n) is 10.2. The number of esters is 2. The predicted octanol–water partition coefficient (Wildman–Crippen LogP) is 2.18. The molecule has 0 saturated heterocycles. The number of carboxylic acid groups (broad SMARTS) is 2. The van der Waals surface area contributed by atoms with Crippen molar-refractivity contribution in [2.24, 2.45) is 0 Å². The Balaban J connectivity index is 3.08. The fourth-order valence-corrected chi connectivity index (χ4v) is 3.65. The van der Waals surface area contributed by atoms with Crippen molar-refractivity contribution in [3.05, 3.63) is 69.8 Å². The van der Waals surface area contributed by atoms with Gasteiger partial charge < -0.3 is 29.3 Å². The van der Waals surface area contributed by atoms with Crippen LogP contribution in [0.25, 0.3) is 0 Å². The van der Waals surface area contributed by atoms with Crippen LogP contribution in [0.2, 0.25) is 0 Å². The molecule has 0 heterocycles. The van der Waals surface area contributed by atoms with E-state index in [9.17, 15) is 55.7 Å². The molecule has 0 unspecified atom stereocenters. The molecule has 0 saturated carbocycles. The lowest BCUT2D eigenvalue weighted by atomic mass is 9.71. The third-order valence-corrected chi connectivity index (χ3v) is 5.19. The second-order valence-corrected chi connectivity index (χ2v) is 7.28. The zero-order valence-electron chi connectivity index (χ0n) is 18.9. The van der Waals surface area contributed by atoms with Crippen molar-refractivity contribution < 1.29 is 65.2 Å². The predicted molar refractivity (Wildman–Crippen MR) is 106 cm³/mol. The molecule has 0 aromatic heterocycles. The number of ether oxygens (including phenoxy) is 2. The average molecular weight is 534 g/mol. The molecule has 0 aliphatic carbocycles. The second-order valence-electron chi connectivity index (χ2n) is 7.28. The lowest BCUT2D eigenvalue weighted by Gasteiger charge is -2.39. The second kappa shape index (κ2) is 10.5. The van der Waals surface area contributed by atoms with Gasteiger partial charge in [0.2, 0.25) is 5.41 Å². The molecule has 200 valence electrons. The minimum absolute atomic E-state index is 0.0425. The van der Waals surface area contributed by atoms with Gasteiger partial charge in [-0.3, -0.25) is 0 Å². The van der Waals surface area contributed by atoms with Crippen LogP contribution in [0.4, 0.5) is 26.3 Å². The topological polar surface area (TPSA) is 133 Å². The number of hydrogen-bond donors (Lipinski definition) is 0. The van der Waals surface area contributed by atoms with Crippen molar-refractivity contribution in [3.63, 3.8) is 0 Å². The van der Waals surface area contributed by atoms with E-state index >= 15 is 0 Å². The van der Waals surface area contributed by atoms with Gasteiger partial charge in [-0.05, 0) is 37.1 Å². The molecule has 2 aromatic carbocycles. The highest BCUT2D eigenvalue weighted by Gasteiger charge is 2.72. The van der Waals surface area contributed by atoms with Crippen molar-refractivity contribution in [2.45, 2.75) is 31.6 Å². The van der Waals surface area contributed by atoms with Crippen LogP contribution in [0.5, 0.6) is 0 Å². The smallest absolute Gasteiger partial charge is 0.411 e. The van der Waals surface area contributed by atoms with Gasteiger partial charge in [0.25, 0.3) is 0 Å². The third kappa shape index (κ3) is 5.22. The fourth-order valence-electron chi connectivity index (χ4n) is 3.65. The van der Waals surface area contributed by atoms with Crippen LogP contribution in [0.1, 0.15) is 66.4 Å². The van der Waals surface area contributed by atoms with E-state index in [1.54, 1.807) is 0 Å². The van der Waals surface area contributed by atoms with Gasteiger partial charge in [0.1, 0.15) is 0 Å². The van der Waals surface area contributed by atoms with Crippen LogP contribution in [0.3, 0.4) is 0 Å². The average Bonchev–Trinajstić information content (AvgIpc) is 2.77.